The van der Waals surface area contributed by atoms with E-state index >= 15 is 0 Å². The molecule has 6 heteroatoms. The maximum atomic E-state index is 6.18. The van der Waals surface area contributed by atoms with E-state index in [9.17, 15) is 0 Å². The van der Waals surface area contributed by atoms with E-state index in [1.807, 2.05) is 72.8 Å². The summed E-state index contributed by atoms with van der Waals surface area (Å²) in [7, 11) is 0. The minimum absolute atomic E-state index is 0.601. The number of fused-ring (bicyclic) bond motifs is 4. The standard InChI is InChI=1S/C40H24N4OS/c1-3-10-25(11-4-1)26-18-20-28(21-19-26)40-41-32-23-22-29(24-35(32)46-40)38-42-37(27-12-5-2-6-13-27)43-39(44-38)31-15-9-17-34-36(31)30-14-7-8-16-33(30)45-34/h1-24H. The number of aromatic nitrogens is 4. The van der Waals surface area contributed by atoms with E-state index in [4.69, 9.17) is 24.4 Å². The fourth-order valence-corrected chi connectivity index (χ4v) is 6.94. The van der Waals surface area contributed by atoms with Crippen LogP contribution >= 0.6 is 11.3 Å². The molecule has 0 amide bonds. The quantitative estimate of drug-likeness (QED) is 0.194. The summed E-state index contributed by atoms with van der Waals surface area (Å²) < 4.78 is 7.26. The molecular formula is C40H24N4OS. The van der Waals surface area contributed by atoms with Crippen molar-refractivity contribution in [3.8, 4) is 55.9 Å². The zero-order chi connectivity index (χ0) is 30.5. The van der Waals surface area contributed by atoms with Gasteiger partial charge in [-0.15, -0.1) is 11.3 Å². The Kier molecular flexibility index (Phi) is 6.25. The van der Waals surface area contributed by atoms with Crippen LogP contribution in [0.5, 0.6) is 0 Å². The van der Waals surface area contributed by atoms with Crippen LogP contribution in [-0.4, -0.2) is 19.9 Å². The molecule has 5 nitrogen and oxygen atoms in total. The Morgan fingerprint density at radius 1 is 0.435 bits per heavy atom. The molecule has 0 spiro atoms. The third kappa shape index (κ3) is 4.64. The Bertz CT molecular complexity index is 2520. The second kappa shape index (κ2) is 10.9. The second-order valence-corrected chi connectivity index (χ2v) is 12.1. The van der Waals surface area contributed by atoms with E-state index in [2.05, 4.69) is 72.8 Å². The van der Waals surface area contributed by atoms with Crippen LogP contribution in [0, 0.1) is 0 Å². The lowest BCUT2D eigenvalue weighted by Gasteiger charge is -2.09. The van der Waals surface area contributed by atoms with Gasteiger partial charge in [0, 0.05) is 33.0 Å². The smallest absolute Gasteiger partial charge is 0.164 e. The Labute approximate surface area is 268 Å². The molecule has 46 heavy (non-hydrogen) atoms. The summed E-state index contributed by atoms with van der Waals surface area (Å²) in [5, 5.41) is 3.01. The van der Waals surface area contributed by atoms with Crippen LogP contribution in [0.4, 0.5) is 0 Å². The predicted molar refractivity (Wildman–Crippen MR) is 187 cm³/mol. The van der Waals surface area contributed by atoms with Gasteiger partial charge in [0.15, 0.2) is 17.5 Å². The van der Waals surface area contributed by atoms with Crippen molar-refractivity contribution >= 4 is 43.5 Å². The summed E-state index contributed by atoms with van der Waals surface area (Å²) in [6.45, 7) is 0. The van der Waals surface area contributed by atoms with Crippen LogP contribution in [0.2, 0.25) is 0 Å². The Morgan fingerprint density at radius 3 is 1.85 bits per heavy atom. The number of furan rings is 1. The average molecular weight is 609 g/mol. The van der Waals surface area contributed by atoms with E-state index in [-0.39, 0.29) is 0 Å². The molecule has 6 aromatic carbocycles. The minimum atomic E-state index is 0.601. The van der Waals surface area contributed by atoms with Gasteiger partial charge in [-0.1, -0.05) is 115 Å². The Hall–Kier alpha value is -5.98. The van der Waals surface area contributed by atoms with Gasteiger partial charge >= 0.3 is 0 Å². The predicted octanol–water partition coefficient (Wildman–Crippen LogP) is 10.7. The first kappa shape index (κ1) is 26.4. The number of thiazole rings is 1. The summed E-state index contributed by atoms with van der Waals surface area (Å²) in [4.78, 5) is 20.0. The first-order chi connectivity index (χ1) is 22.8. The van der Waals surface area contributed by atoms with Gasteiger partial charge in [0.05, 0.1) is 10.2 Å². The highest BCUT2D eigenvalue weighted by Gasteiger charge is 2.18. The molecule has 3 aromatic heterocycles. The third-order valence-corrected chi connectivity index (χ3v) is 9.26. The first-order valence-corrected chi connectivity index (χ1v) is 15.9. The van der Waals surface area contributed by atoms with Crippen LogP contribution in [0.3, 0.4) is 0 Å². The molecule has 0 saturated heterocycles. The van der Waals surface area contributed by atoms with Crippen molar-refractivity contribution in [2.75, 3.05) is 0 Å². The van der Waals surface area contributed by atoms with Gasteiger partial charge in [0.1, 0.15) is 16.2 Å². The maximum Gasteiger partial charge on any atom is 0.164 e. The van der Waals surface area contributed by atoms with Crippen molar-refractivity contribution < 1.29 is 4.42 Å². The number of nitrogens with zero attached hydrogens (tertiary/aromatic N) is 4. The zero-order valence-electron chi connectivity index (χ0n) is 24.5. The molecule has 0 aliphatic rings. The first-order valence-electron chi connectivity index (χ1n) is 15.1. The van der Waals surface area contributed by atoms with E-state index in [0.717, 1.165) is 59.4 Å². The molecule has 216 valence electrons. The van der Waals surface area contributed by atoms with Crippen molar-refractivity contribution in [3.63, 3.8) is 0 Å². The Morgan fingerprint density at radius 2 is 1.04 bits per heavy atom. The topological polar surface area (TPSA) is 64.7 Å². The molecular weight excluding hydrogens is 585 g/mol. The normalized spacial score (nSPS) is 11.5. The van der Waals surface area contributed by atoms with Gasteiger partial charge in [-0.05, 0) is 41.5 Å². The highest BCUT2D eigenvalue weighted by molar-refractivity contribution is 7.21. The summed E-state index contributed by atoms with van der Waals surface area (Å²) in [6, 6.07) is 49.4. The lowest BCUT2D eigenvalue weighted by atomic mass is 10.0. The summed E-state index contributed by atoms with van der Waals surface area (Å²) in [5.41, 5.74) is 8.81. The van der Waals surface area contributed by atoms with E-state index in [1.165, 1.54) is 11.1 Å². The summed E-state index contributed by atoms with van der Waals surface area (Å²) >= 11 is 1.67. The summed E-state index contributed by atoms with van der Waals surface area (Å²) in [5.74, 6) is 1.83. The molecule has 9 aromatic rings. The number of rotatable bonds is 5. The van der Waals surface area contributed by atoms with Crippen molar-refractivity contribution in [1.82, 2.24) is 19.9 Å². The maximum absolute atomic E-state index is 6.18. The largest absolute Gasteiger partial charge is 0.456 e. The molecule has 9 rings (SSSR count). The molecule has 3 heterocycles. The average Bonchev–Trinajstić information content (AvgIpc) is 3.74. The van der Waals surface area contributed by atoms with Crippen molar-refractivity contribution in [3.05, 3.63) is 146 Å². The van der Waals surface area contributed by atoms with Crippen LogP contribution in [0.15, 0.2) is 150 Å². The lowest BCUT2D eigenvalue weighted by molar-refractivity contribution is 0.669. The third-order valence-electron chi connectivity index (χ3n) is 8.20. The molecule has 0 aliphatic carbocycles. The van der Waals surface area contributed by atoms with Gasteiger partial charge in [-0.25, -0.2) is 19.9 Å². The van der Waals surface area contributed by atoms with Crippen molar-refractivity contribution in [1.29, 1.82) is 0 Å². The highest BCUT2D eigenvalue weighted by atomic mass is 32.1. The van der Waals surface area contributed by atoms with Gasteiger partial charge < -0.3 is 4.42 Å². The van der Waals surface area contributed by atoms with Crippen LogP contribution < -0.4 is 0 Å². The van der Waals surface area contributed by atoms with Crippen LogP contribution in [0.1, 0.15) is 0 Å². The fourth-order valence-electron chi connectivity index (χ4n) is 5.93. The molecule has 0 unspecified atom stereocenters. The number of benzene rings is 6. The molecule has 0 atom stereocenters. The van der Waals surface area contributed by atoms with Gasteiger partial charge in [-0.3, -0.25) is 0 Å². The zero-order valence-corrected chi connectivity index (χ0v) is 25.3. The van der Waals surface area contributed by atoms with E-state index in [1.54, 1.807) is 11.3 Å². The van der Waals surface area contributed by atoms with Crippen molar-refractivity contribution in [2.24, 2.45) is 0 Å². The van der Waals surface area contributed by atoms with Gasteiger partial charge in [-0.2, -0.15) is 0 Å². The molecule has 0 saturated carbocycles. The number of para-hydroxylation sites is 1. The summed E-state index contributed by atoms with van der Waals surface area (Å²) in [6.07, 6.45) is 0. The number of hydrogen-bond acceptors (Lipinski definition) is 6. The Balaban J connectivity index is 1.16. The molecule has 0 aliphatic heterocycles. The lowest BCUT2D eigenvalue weighted by Crippen LogP contribution is -2.00. The van der Waals surface area contributed by atoms with E-state index in [0.29, 0.717) is 17.5 Å². The SMILES string of the molecule is c1ccc(-c2ccc(-c3nc4ccc(-c5nc(-c6ccccc6)nc(-c6cccc7oc8ccccc8c67)n5)cc4s3)cc2)cc1. The fraction of sp³-hybridized carbons (Fsp3) is 0. The molecule has 0 radical (unpaired) electrons. The van der Waals surface area contributed by atoms with Crippen molar-refractivity contribution in [2.45, 2.75) is 0 Å². The monoisotopic (exact) mass is 608 g/mol. The highest BCUT2D eigenvalue weighted by Crippen LogP contribution is 2.37. The molecule has 0 bridgehead atoms. The van der Waals surface area contributed by atoms with Crippen LogP contribution in [0.25, 0.3) is 88.0 Å². The minimum Gasteiger partial charge on any atom is -0.456 e. The molecule has 0 fully saturated rings. The van der Waals surface area contributed by atoms with E-state index < -0.39 is 0 Å². The second-order valence-electron chi connectivity index (χ2n) is 11.1. The molecule has 0 N–H and O–H groups in total. The van der Waals surface area contributed by atoms with Crippen LogP contribution in [-0.2, 0) is 0 Å². The van der Waals surface area contributed by atoms with Gasteiger partial charge in [0.25, 0.3) is 0 Å². The number of hydrogen-bond donors (Lipinski definition) is 0. The van der Waals surface area contributed by atoms with Gasteiger partial charge in [0.2, 0.25) is 0 Å².